The Morgan fingerprint density at radius 3 is 2.47 bits per heavy atom. The van der Waals surface area contributed by atoms with Crippen LogP contribution >= 0.6 is 0 Å². The molecule has 1 N–H and O–H groups in total. The van der Waals surface area contributed by atoms with Crippen molar-refractivity contribution in [1.29, 1.82) is 0 Å². The summed E-state index contributed by atoms with van der Waals surface area (Å²) in [5.74, 6) is 0.00357. The molecule has 15 heavy (non-hydrogen) atoms. The van der Waals surface area contributed by atoms with E-state index in [4.69, 9.17) is 0 Å². The van der Waals surface area contributed by atoms with Crippen molar-refractivity contribution in [2.45, 2.75) is 0 Å². The molecule has 2 rings (SSSR count). The fourth-order valence-electron chi connectivity index (χ4n) is 1.59. The summed E-state index contributed by atoms with van der Waals surface area (Å²) in [4.78, 5) is 10.7. The molecule has 0 saturated carbocycles. The quantitative estimate of drug-likeness (QED) is 0.757. The van der Waals surface area contributed by atoms with E-state index in [1.807, 2.05) is 30.3 Å². The first-order valence-electron chi connectivity index (χ1n) is 4.63. The van der Waals surface area contributed by atoms with Crippen LogP contribution in [0.25, 0.3) is 11.3 Å². The predicted octanol–water partition coefficient (Wildman–Crippen LogP) is 2.21. The van der Waals surface area contributed by atoms with Crippen LogP contribution in [-0.4, -0.2) is 16.0 Å². The van der Waals surface area contributed by atoms with Crippen molar-refractivity contribution in [3.05, 3.63) is 42.0 Å². The summed E-state index contributed by atoms with van der Waals surface area (Å²) in [6, 6.07) is 11.3. The van der Waals surface area contributed by atoms with Gasteiger partial charge >= 0.3 is 0 Å². The van der Waals surface area contributed by atoms with Gasteiger partial charge in [-0.3, -0.25) is 4.79 Å². The molecule has 1 aromatic carbocycles. The summed E-state index contributed by atoms with van der Waals surface area (Å²) in [6.45, 7) is 0. The first-order chi connectivity index (χ1) is 7.24. The number of aldehydes is 1. The summed E-state index contributed by atoms with van der Waals surface area (Å²) in [6.07, 6.45) is 0.655. The molecule has 1 aromatic heterocycles. The van der Waals surface area contributed by atoms with Gasteiger partial charge in [0.15, 0.2) is 6.29 Å². The molecule has 0 spiro atoms. The molecule has 3 heteroatoms. The van der Waals surface area contributed by atoms with Crippen molar-refractivity contribution in [3.8, 4) is 17.1 Å². The Labute approximate surface area is 87.6 Å². The van der Waals surface area contributed by atoms with Gasteiger partial charge in [-0.25, -0.2) is 0 Å². The lowest BCUT2D eigenvalue weighted by atomic mass is 10.1. The monoisotopic (exact) mass is 201 g/mol. The Balaban J connectivity index is 2.59. The number of aromatic nitrogens is 1. The van der Waals surface area contributed by atoms with Gasteiger partial charge < -0.3 is 9.67 Å². The van der Waals surface area contributed by atoms with Crippen molar-refractivity contribution in [2.75, 3.05) is 0 Å². The van der Waals surface area contributed by atoms with Gasteiger partial charge in [-0.2, -0.15) is 0 Å². The van der Waals surface area contributed by atoms with E-state index in [0.29, 0.717) is 11.8 Å². The minimum absolute atomic E-state index is 0.00357. The van der Waals surface area contributed by atoms with E-state index in [-0.39, 0.29) is 5.88 Å². The summed E-state index contributed by atoms with van der Waals surface area (Å²) >= 11 is 0. The predicted molar refractivity (Wildman–Crippen MR) is 57.9 cm³/mol. The molecule has 3 nitrogen and oxygen atoms in total. The Morgan fingerprint density at radius 2 is 1.93 bits per heavy atom. The second-order valence-corrected chi connectivity index (χ2v) is 3.35. The Kier molecular flexibility index (Phi) is 2.29. The van der Waals surface area contributed by atoms with E-state index < -0.39 is 0 Å². The van der Waals surface area contributed by atoms with Gasteiger partial charge in [-0.05, 0) is 11.6 Å². The van der Waals surface area contributed by atoms with Crippen molar-refractivity contribution in [2.24, 2.45) is 7.05 Å². The highest BCUT2D eigenvalue weighted by molar-refractivity contribution is 5.82. The number of carbonyl (C=O) groups excluding carboxylic acids is 1. The third-order valence-corrected chi connectivity index (χ3v) is 2.43. The maximum Gasteiger partial charge on any atom is 0.202 e. The summed E-state index contributed by atoms with van der Waals surface area (Å²) < 4.78 is 1.60. The lowest BCUT2D eigenvalue weighted by molar-refractivity contribution is 0.112. The normalized spacial score (nSPS) is 10.2. The summed E-state index contributed by atoms with van der Waals surface area (Å²) in [5.41, 5.74) is 2.12. The molecule has 0 aliphatic carbocycles. The van der Waals surface area contributed by atoms with Crippen LogP contribution < -0.4 is 0 Å². The minimum atomic E-state index is 0.00357. The molecule has 1 heterocycles. The van der Waals surface area contributed by atoms with Crippen LogP contribution in [0.3, 0.4) is 0 Å². The smallest absolute Gasteiger partial charge is 0.202 e. The van der Waals surface area contributed by atoms with Gasteiger partial charge in [0.05, 0.1) is 11.3 Å². The molecule has 0 bridgehead atoms. The molecule has 0 unspecified atom stereocenters. The fourth-order valence-corrected chi connectivity index (χ4v) is 1.59. The van der Waals surface area contributed by atoms with Gasteiger partial charge in [-0.1, -0.05) is 30.3 Å². The first-order valence-corrected chi connectivity index (χ1v) is 4.63. The van der Waals surface area contributed by atoms with E-state index in [1.165, 1.54) is 0 Å². The highest BCUT2D eigenvalue weighted by Crippen LogP contribution is 2.27. The third kappa shape index (κ3) is 1.52. The molecule has 0 amide bonds. The molecular formula is C12H11NO2. The third-order valence-electron chi connectivity index (χ3n) is 2.43. The van der Waals surface area contributed by atoms with Crippen LogP contribution in [0.5, 0.6) is 5.88 Å². The zero-order valence-corrected chi connectivity index (χ0v) is 8.34. The fraction of sp³-hybridized carbons (Fsp3) is 0.0833. The number of hydrogen-bond donors (Lipinski definition) is 1. The molecule has 0 atom stereocenters. The molecule has 2 aromatic rings. The van der Waals surface area contributed by atoms with E-state index in [2.05, 4.69) is 0 Å². The second-order valence-electron chi connectivity index (χ2n) is 3.35. The number of benzene rings is 1. The zero-order chi connectivity index (χ0) is 10.8. The minimum Gasteiger partial charge on any atom is -0.494 e. The number of aromatic hydroxyl groups is 1. The van der Waals surface area contributed by atoms with Crippen LogP contribution in [0.4, 0.5) is 0 Å². The first kappa shape index (κ1) is 9.52. The second kappa shape index (κ2) is 3.61. The van der Waals surface area contributed by atoms with E-state index in [9.17, 15) is 9.90 Å². The molecule has 0 aliphatic rings. The molecule has 0 saturated heterocycles. The van der Waals surface area contributed by atoms with Gasteiger partial charge in [0.1, 0.15) is 0 Å². The van der Waals surface area contributed by atoms with Crippen molar-refractivity contribution >= 4 is 6.29 Å². The number of hydrogen-bond acceptors (Lipinski definition) is 2. The largest absolute Gasteiger partial charge is 0.494 e. The van der Waals surface area contributed by atoms with Gasteiger partial charge in [0.2, 0.25) is 5.88 Å². The van der Waals surface area contributed by atoms with Gasteiger partial charge in [-0.15, -0.1) is 0 Å². The molecular weight excluding hydrogens is 190 g/mol. The SMILES string of the molecule is Cn1c(-c2ccccc2)cc(C=O)c1O. The molecule has 0 fully saturated rings. The summed E-state index contributed by atoms with van der Waals surface area (Å²) in [5, 5.41) is 9.61. The molecule has 0 radical (unpaired) electrons. The zero-order valence-electron chi connectivity index (χ0n) is 8.34. The maximum absolute atomic E-state index is 10.7. The van der Waals surface area contributed by atoms with Crippen LogP contribution in [0.15, 0.2) is 36.4 Å². The summed E-state index contributed by atoms with van der Waals surface area (Å²) in [7, 11) is 1.73. The maximum atomic E-state index is 10.7. The lowest BCUT2D eigenvalue weighted by Gasteiger charge is -2.03. The molecule has 76 valence electrons. The van der Waals surface area contributed by atoms with Crippen LogP contribution in [-0.2, 0) is 7.05 Å². The van der Waals surface area contributed by atoms with Crippen LogP contribution in [0, 0.1) is 0 Å². The number of carbonyl (C=O) groups is 1. The number of rotatable bonds is 2. The Hall–Kier alpha value is -2.03. The van der Waals surface area contributed by atoms with Gasteiger partial charge in [0, 0.05) is 7.05 Å². The van der Waals surface area contributed by atoms with E-state index >= 15 is 0 Å². The average Bonchev–Trinajstić information content (AvgIpc) is 2.57. The highest BCUT2D eigenvalue weighted by atomic mass is 16.3. The van der Waals surface area contributed by atoms with E-state index in [1.54, 1.807) is 17.7 Å². The van der Waals surface area contributed by atoms with Crippen LogP contribution in [0.2, 0.25) is 0 Å². The number of nitrogens with zero attached hydrogens (tertiary/aromatic N) is 1. The Morgan fingerprint density at radius 1 is 1.27 bits per heavy atom. The lowest BCUT2D eigenvalue weighted by Crippen LogP contribution is -1.90. The van der Waals surface area contributed by atoms with Crippen molar-refractivity contribution in [1.82, 2.24) is 4.57 Å². The average molecular weight is 201 g/mol. The van der Waals surface area contributed by atoms with Crippen molar-refractivity contribution < 1.29 is 9.90 Å². The standard InChI is InChI=1S/C12H11NO2/c1-13-11(7-10(8-14)12(13)15)9-5-3-2-4-6-9/h2-8,15H,1H3. The van der Waals surface area contributed by atoms with Gasteiger partial charge in [0.25, 0.3) is 0 Å². The molecule has 0 aliphatic heterocycles. The van der Waals surface area contributed by atoms with Crippen LogP contribution in [0.1, 0.15) is 10.4 Å². The van der Waals surface area contributed by atoms with Crippen molar-refractivity contribution in [3.63, 3.8) is 0 Å². The highest BCUT2D eigenvalue weighted by Gasteiger charge is 2.11. The Bertz CT molecular complexity index is 486. The van der Waals surface area contributed by atoms with E-state index in [0.717, 1.165) is 11.3 Å². The topological polar surface area (TPSA) is 42.2 Å².